The average molecular weight is 357 g/mol. The molecule has 2 rings (SSSR count). The summed E-state index contributed by atoms with van der Waals surface area (Å²) in [5, 5.41) is 2.44. The van der Waals surface area contributed by atoms with E-state index in [-0.39, 0.29) is 10.9 Å². The minimum absolute atomic E-state index is 0.0236. The lowest BCUT2D eigenvalue weighted by atomic mass is 10.1. The largest absolute Gasteiger partial charge is 0.322 e. The fraction of sp³-hybridized carbons (Fsp3) is 0.133. The minimum atomic E-state index is -0.576. The summed E-state index contributed by atoms with van der Waals surface area (Å²) in [6.45, 7) is 1.81. The predicted molar refractivity (Wildman–Crippen MR) is 82.8 cm³/mol. The molecule has 20 heavy (non-hydrogen) atoms. The molecule has 2 aromatic rings. The molecule has 2 aromatic carbocycles. The topological polar surface area (TPSA) is 29.1 Å². The summed E-state index contributed by atoms with van der Waals surface area (Å²) < 4.78 is 14.2. The molecule has 1 N–H and O–H groups in total. The summed E-state index contributed by atoms with van der Waals surface area (Å²) in [5.74, 6) is -1.09. The third-order valence-electron chi connectivity index (χ3n) is 2.83. The van der Waals surface area contributed by atoms with Gasteiger partial charge < -0.3 is 5.32 Å². The van der Waals surface area contributed by atoms with Gasteiger partial charge in [-0.15, -0.1) is 11.6 Å². The normalized spacial score (nSPS) is 12.0. The number of benzene rings is 2. The number of hydrogen-bond acceptors (Lipinski definition) is 1. The standard InChI is InChI=1S/C15H12BrClFNO/c1-9(17)10-5-2-3-8-13(10)19-15(20)14-11(16)6-4-7-12(14)18/h2-9H,1H3,(H,19,20). The van der Waals surface area contributed by atoms with E-state index in [1.54, 1.807) is 18.2 Å². The lowest BCUT2D eigenvalue weighted by molar-refractivity contribution is 0.102. The Morgan fingerprint density at radius 2 is 1.95 bits per heavy atom. The second kappa shape index (κ2) is 6.37. The molecule has 2 nitrogen and oxygen atoms in total. The third-order valence-corrected chi connectivity index (χ3v) is 3.72. The molecule has 1 atom stereocenters. The summed E-state index contributed by atoms with van der Waals surface area (Å²) >= 11 is 9.25. The van der Waals surface area contributed by atoms with Crippen LogP contribution >= 0.6 is 27.5 Å². The van der Waals surface area contributed by atoms with Crippen molar-refractivity contribution < 1.29 is 9.18 Å². The van der Waals surface area contributed by atoms with Gasteiger partial charge in [-0.05, 0) is 46.6 Å². The van der Waals surface area contributed by atoms with Gasteiger partial charge in [-0.3, -0.25) is 4.79 Å². The van der Waals surface area contributed by atoms with E-state index in [0.717, 1.165) is 5.56 Å². The number of carbonyl (C=O) groups is 1. The van der Waals surface area contributed by atoms with Crippen LogP contribution < -0.4 is 5.32 Å². The fourth-order valence-corrected chi connectivity index (χ4v) is 2.57. The van der Waals surface area contributed by atoms with Gasteiger partial charge in [0.15, 0.2) is 0 Å². The lowest BCUT2D eigenvalue weighted by Gasteiger charge is -2.13. The van der Waals surface area contributed by atoms with E-state index in [4.69, 9.17) is 11.6 Å². The van der Waals surface area contributed by atoms with Gasteiger partial charge in [-0.2, -0.15) is 0 Å². The molecule has 0 saturated heterocycles. The molecule has 0 bridgehead atoms. The summed E-state index contributed by atoms with van der Waals surface area (Å²) in [5.41, 5.74) is 1.34. The molecule has 5 heteroatoms. The van der Waals surface area contributed by atoms with Gasteiger partial charge >= 0.3 is 0 Å². The molecule has 0 radical (unpaired) electrons. The van der Waals surface area contributed by atoms with Crippen LogP contribution in [0.1, 0.15) is 28.2 Å². The summed E-state index contributed by atoms with van der Waals surface area (Å²) in [4.78, 5) is 12.2. The Morgan fingerprint density at radius 3 is 2.60 bits per heavy atom. The second-order valence-corrected chi connectivity index (χ2v) is 5.76. The van der Waals surface area contributed by atoms with Crippen molar-refractivity contribution in [1.82, 2.24) is 0 Å². The van der Waals surface area contributed by atoms with E-state index in [1.807, 2.05) is 19.1 Å². The van der Waals surface area contributed by atoms with Crippen LogP contribution in [0.3, 0.4) is 0 Å². The van der Waals surface area contributed by atoms with Crippen molar-refractivity contribution in [2.75, 3.05) is 5.32 Å². The Kier molecular flexibility index (Phi) is 4.78. The Hall–Kier alpha value is -1.39. The first-order valence-corrected chi connectivity index (χ1v) is 7.22. The van der Waals surface area contributed by atoms with Gasteiger partial charge in [0.05, 0.1) is 10.9 Å². The first kappa shape index (κ1) is 15.0. The zero-order valence-corrected chi connectivity index (χ0v) is 13.0. The summed E-state index contributed by atoms with van der Waals surface area (Å²) in [6, 6.07) is 11.6. The van der Waals surface area contributed by atoms with Gasteiger partial charge in [0.2, 0.25) is 0 Å². The van der Waals surface area contributed by atoms with Gasteiger partial charge in [0, 0.05) is 10.2 Å². The molecule has 0 spiro atoms. The van der Waals surface area contributed by atoms with Crippen LogP contribution in [0.5, 0.6) is 0 Å². The van der Waals surface area contributed by atoms with Crippen LogP contribution in [0.4, 0.5) is 10.1 Å². The molecule has 0 aliphatic carbocycles. The fourth-order valence-electron chi connectivity index (χ4n) is 1.86. The number of hydrogen-bond donors (Lipinski definition) is 1. The number of rotatable bonds is 3. The van der Waals surface area contributed by atoms with Crippen molar-refractivity contribution in [2.45, 2.75) is 12.3 Å². The Morgan fingerprint density at radius 1 is 1.25 bits per heavy atom. The van der Waals surface area contributed by atoms with Gasteiger partial charge in [0.1, 0.15) is 5.82 Å². The number of amides is 1. The van der Waals surface area contributed by atoms with Crippen molar-refractivity contribution >= 4 is 39.1 Å². The molecule has 0 saturated carbocycles. The van der Waals surface area contributed by atoms with Crippen LogP contribution in [0.2, 0.25) is 0 Å². The molecular weight excluding hydrogens is 345 g/mol. The van der Waals surface area contributed by atoms with Crippen LogP contribution in [-0.4, -0.2) is 5.91 Å². The molecule has 0 aromatic heterocycles. The van der Waals surface area contributed by atoms with E-state index >= 15 is 0 Å². The van der Waals surface area contributed by atoms with Crippen LogP contribution in [0, 0.1) is 5.82 Å². The van der Waals surface area contributed by atoms with Crippen molar-refractivity contribution in [3.8, 4) is 0 Å². The molecule has 0 fully saturated rings. The quantitative estimate of drug-likeness (QED) is 0.758. The van der Waals surface area contributed by atoms with Crippen LogP contribution in [-0.2, 0) is 0 Å². The minimum Gasteiger partial charge on any atom is -0.322 e. The van der Waals surface area contributed by atoms with Crippen LogP contribution in [0.15, 0.2) is 46.9 Å². The molecule has 104 valence electrons. The number of alkyl halides is 1. The Bertz CT molecular complexity index is 625. The maximum atomic E-state index is 13.7. The van der Waals surface area contributed by atoms with Crippen molar-refractivity contribution in [2.24, 2.45) is 0 Å². The highest BCUT2D eigenvalue weighted by Crippen LogP contribution is 2.28. The maximum absolute atomic E-state index is 13.7. The van der Waals surface area contributed by atoms with Gasteiger partial charge in [-0.25, -0.2) is 4.39 Å². The smallest absolute Gasteiger partial charge is 0.259 e. The molecule has 1 unspecified atom stereocenters. The summed E-state index contributed by atoms with van der Waals surface area (Å²) in [7, 11) is 0. The second-order valence-electron chi connectivity index (χ2n) is 4.25. The van der Waals surface area contributed by atoms with Gasteiger partial charge in [0.25, 0.3) is 5.91 Å². The van der Waals surface area contributed by atoms with Gasteiger partial charge in [-0.1, -0.05) is 24.3 Å². The predicted octanol–water partition coefficient (Wildman–Crippen LogP) is 5.14. The van der Waals surface area contributed by atoms with Crippen molar-refractivity contribution in [1.29, 1.82) is 0 Å². The molecule has 0 aliphatic heterocycles. The average Bonchev–Trinajstić information content (AvgIpc) is 2.38. The number of carbonyl (C=O) groups excluding carboxylic acids is 1. The summed E-state index contributed by atoms with van der Waals surface area (Å²) in [6.07, 6.45) is 0. The van der Waals surface area contributed by atoms with Crippen LogP contribution in [0.25, 0.3) is 0 Å². The zero-order chi connectivity index (χ0) is 14.7. The third kappa shape index (κ3) is 3.19. The number of halogens is 3. The first-order valence-electron chi connectivity index (χ1n) is 5.99. The lowest BCUT2D eigenvalue weighted by Crippen LogP contribution is -2.15. The highest BCUT2D eigenvalue weighted by Gasteiger charge is 2.17. The monoisotopic (exact) mass is 355 g/mol. The first-order chi connectivity index (χ1) is 9.50. The van der Waals surface area contributed by atoms with E-state index in [1.165, 1.54) is 12.1 Å². The molecule has 0 aliphatic rings. The van der Waals surface area contributed by atoms with E-state index < -0.39 is 11.7 Å². The van der Waals surface area contributed by atoms with E-state index in [0.29, 0.717) is 10.2 Å². The van der Waals surface area contributed by atoms with Crippen molar-refractivity contribution in [3.05, 3.63) is 63.9 Å². The number of anilines is 1. The Labute approximate surface area is 130 Å². The SMILES string of the molecule is CC(Cl)c1ccccc1NC(=O)c1c(F)cccc1Br. The van der Waals surface area contributed by atoms with Crippen molar-refractivity contribution in [3.63, 3.8) is 0 Å². The highest BCUT2D eigenvalue weighted by molar-refractivity contribution is 9.10. The molecule has 0 heterocycles. The van der Waals surface area contributed by atoms with E-state index in [9.17, 15) is 9.18 Å². The van der Waals surface area contributed by atoms with E-state index in [2.05, 4.69) is 21.2 Å². The molecule has 1 amide bonds. The Balaban J connectivity index is 2.33. The zero-order valence-electron chi connectivity index (χ0n) is 10.7. The highest BCUT2D eigenvalue weighted by atomic mass is 79.9. The maximum Gasteiger partial charge on any atom is 0.259 e. The number of nitrogens with one attached hydrogen (secondary N) is 1. The number of para-hydroxylation sites is 1. The molecular formula is C15H12BrClFNO.